The lowest BCUT2D eigenvalue weighted by molar-refractivity contribution is -0.115. The number of hydrogen-bond acceptors (Lipinski definition) is 7. The molecule has 0 saturated carbocycles. The first kappa shape index (κ1) is 22.3. The molecule has 3 aromatic rings. The summed E-state index contributed by atoms with van der Waals surface area (Å²) >= 11 is 1.56. The van der Waals surface area contributed by atoms with Crippen LogP contribution in [0, 0.1) is 0 Å². The molecule has 2 heterocycles. The maximum Gasteiger partial charge on any atom is 0.230 e. The van der Waals surface area contributed by atoms with Crippen LogP contribution in [0.3, 0.4) is 0 Å². The zero-order valence-electron chi connectivity index (χ0n) is 18.3. The Bertz CT molecular complexity index is 1060. The molecule has 0 unspecified atom stereocenters. The lowest BCUT2D eigenvalue weighted by Crippen LogP contribution is -2.35. The Morgan fingerprint density at radius 3 is 2.72 bits per heavy atom. The standard InChI is InChI=1S/C24H27N3O4S/c1-29-21-7-6-19(13-22(21)30-2)25-23(28)14-20-16-32-24(26-20)18-5-3-4-17(12-18)15-27-8-10-31-11-9-27/h3-7,12-13,16H,8-11,14-15H2,1-2H3,(H,25,28). The highest BCUT2D eigenvalue weighted by Gasteiger charge is 2.13. The number of methoxy groups -OCH3 is 2. The van der Waals surface area contributed by atoms with Crippen molar-refractivity contribution < 1.29 is 19.0 Å². The van der Waals surface area contributed by atoms with E-state index in [2.05, 4.69) is 34.5 Å². The number of aromatic nitrogens is 1. The molecule has 4 rings (SSSR count). The normalized spacial score (nSPS) is 14.2. The van der Waals surface area contributed by atoms with Crippen LogP contribution in [0.15, 0.2) is 47.8 Å². The number of anilines is 1. The van der Waals surface area contributed by atoms with Gasteiger partial charge in [0.25, 0.3) is 0 Å². The fourth-order valence-electron chi connectivity index (χ4n) is 3.62. The second-order valence-corrected chi connectivity index (χ2v) is 8.39. The number of carbonyl (C=O) groups excluding carboxylic acids is 1. The lowest BCUT2D eigenvalue weighted by atomic mass is 10.1. The molecular formula is C24H27N3O4S. The van der Waals surface area contributed by atoms with Gasteiger partial charge in [-0.25, -0.2) is 4.98 Å². The molecule has 168 valence electrons. The molecule has 0 atom stereocenters. The maximum atomic E-state index is 12.5. The van der Waals surface area contributed by atoms with Crippen LogP contribution in [0.5, 0.6) is 11.5 Å². The van der Waals surface area contributed by atoms with E-state index in [1.807, 2.05) is 5.38 Å². The highest BCUT2D eigenvalue weighted by atomic mass is 32.1. The first-order valence-electron chi connectivity index (χ1n) is 10.5. The van der Waals surface area contributed by atoms with Crippen molar-refractivity contribution in [3.05, 3.63) is 59.1 Å². The smallest absolute Gasteiger partial charge is 0.230 e. The number of hydrogen-bond donors (Lipinski definition) is 1. The van der Waals surface area contributed by atoms with Crippen molar-refractivity contribution in [3.8, 4) is 22.1 Å². The minimum absolute atomic E-state index is 0.130. The van der Waals surface area contributed by atoms with Crippen molar-refractivity contribution in [3.63, 3.8) is 0 Å². The summed E-state index contributed by atoms with van der Waals surface area (Å²) in [5.74, 6) is 1.05. The number of carbonyl (C=O) groups is 1. The Morgan fingerprint density at radius 1 is 1.12 bits per heavy atom. The van der Waals surface area contributed by atoms with Gasteiger partial charge in [0, 0.05) is 42.3 Å². The predicted molar refractivity (Wildman–Crippen MR) is 126 cm³/mol. The van der Waals surface area contributed by atoms with E-state index in [0.29, 0.717) is 17.2 Å². The first-order chi connectivity index (χ1) is 15.6. The van der Waals surface area contributed by atoms with Crippen LogP contribution in [0.2, 0.25) is 0 Å². The molecule has 7 nitrogen and oxygen atoms in total. The molecule has 1 amide bonds. The van der Waals surface area contributed by atoms with Gasteiger partial charge in [0.05, 0.1) is 39.5 Å². The van der Waals surface area contributed by atoms with E-state index in [1.54, 1.807) is 43.8 Å². The largest absolute Gasteiger partial charge is 0.493 e. The second-order valence-electron chi connectivity index (χ2n) is 7.53. The van der Waals surface area contributed by atoms with Crippen LogP contribution < -0.4 is 14.8 Å². The zero-order chi connectivity index (χ0) is 22.3. The van der Waals surface area contributed by atoms with Gasteiger partial charge in [-0.05, 0) is 23.8 Å². The number of benzene rings is 2. The van der Waals surface area contributed by atoms with E-state index in [-0.39, 0.29) is 12.3 Å². The number of thiazole rings is 1. The summed E-state index contributed by atoms with van der Waals surface area (Å²) in [5.41, 5.74) is 3.74. The lowest BCUT2D eigenvalue weighted by Gasteiger charge is -2.26. The molecule has 1 fully saturated rings. The molecule has 8 heteroatoms. The third-order valence-electron chi connectivity index (χ3n) is 5.24. The van der Waals surface area contributed by atoms with Crippen LogP contribution in [-0.4, -0.2) is 56.3 Å². The van der Waals surface area contributed by atoms with Gasteiger partial charge >= 0.3 is 0 Å². The number of ether oxygens (including phenoxy) is 3. The monoisotopic (exact) mass is 453 g/mol. The van der Waals surface area contributed by atoms with Crippen molar-refractivity contribution in [1.29, 1.82) is 0 Å². The molecular weight excluding hydrogens is 426 g/mol. The molecule has 0 bridgehead atoms. The van der Waals surface area contributed by atoms with Gasteiger partial charge in [0.1, 0.15) is 5.01 Å². The summed E-state index contributed by atoms with van der Waals surface area (Å²) in [6.07, 6.45) is 0.207. The molecule has 32 heavy (non-hydrogen) atoms. The van der Waals surface area contributed by atoms with Gasteiger partial charge in [-0.3, -0.25) is 9.69 Å². The van der Waals surface area contributed by atoms with E-state index >= 15 is 0 Å². The van der Waals surface area contributed by atoms with Gasteiger partial charge in [-0.2, -0.15) is 0 Å². The molecule has 1 aromatic heterocycles. The third kappa shape index (κ3) is 5.64. The number of nitrogens with zero attached hydrogens (tertiary/aromatic N) is 2. The number of rotatable bonds is 8. The van der Waals surface area contributed by atoms with E-state index in [4.69, 9.17) is 19.2 Å². The van der Waals surface area contributed by atoms with Crippen molar-refractivity contribution in [2.24, 2.45) is 0 Å². The van der Waals surface area contributed by atoms with Gasteiger partial charge in [-0.15, -0.1) is 11.3 Å². The van der Waals surface area contributed by atoms with Gasteiger partial charge in [0.2, 0.25) is 5.91 Å². The minimum atomic E-state index is -0.130. The summed E-state index contributed by atoms with van der Waals surface area (Å²) in [7, 11) is 3.14. The molecule has 0 spiro atoms. The maximum absolute atomic E-state index is 12.5. The van der Waals surface area contributed by atoms with Crippen molar-refractivity contribution in [2.75, 3.05) is 45.8 Å². The van der Waals surface area contributed by atoms with Crippen molar-refractivity contribution in [2.45, 2.75) is 13.0 Å². The Labute approximate surface area is 191 Å². The Balaban J connectivity index is 1.38. The fourth-order valence-corrected chi connectivity index (χ4v) is 4.44. The Kier molecular flexibility index (Phi) is 7.36. The fraction of sp³-hybridized carbons (Fsp3) is 0.333. The predicted octanol–water partition coefficient (Wildman–Crippen LogP) is 3.84. The molecule has 1 aliphatic rings. The summed E-state index contributed by atoms with van der Waals surface area (Å²) < 4.78 is 16.0. The average Bonchev–Trinajstić information content (AvgIpc) is 3.28. The molecule has 1 saturated heterocycles. The van der Waals surface area contributed by atoms with E-state index < -0.39 is 0 Å². The summed E-state index contributed by atoms with van der Waals surface area (Å²) in [6.45, 7) is 4.41. The Hall–Kier alpha value is -2.94. The summed E-state index contributed by atoms with van der Waals surface area (Å²) in [6, 6.07) is 13.7. The summed E-state index contributed by atoms with van der Waals surface area (Å²) in [4.78, 5) is 19.6. The van der Waals surface area contributed by atoms with Gasteiger partial charge < -0.3 is 19.5 Å². The van der Waals surface area contributed by atoms with Crippen LogP contribution in [0.4, 0.5) is 5.69 Å². The van der Waals surface area contributed by atoms with Crippen LogP contribution in [-0.2, 0) is 22.5 Å². The summed E-state index contributed by atoms with van der Waals surface area (Å²) in [5, 5.41) is 5.76. The molecule has 1 aliphatic heterocycles. The topological polar surface area (TPSA) is 72.9 Å². The SMILES string of the molecule is COc1ccc(NC(=O)Cc2csc(-c3cccc(CN4CCOCC4)c3)n2)cc1OC. The number of nitrogens with one attached hydrogen (secondary N) is 1. The third-order valence-corrected chi connectivity index (χ3v) is 6.18. The molecule has 1 N–H and O–H groups in total. The van der Waals surface area contributed by atoms with Gasteiger partial charge in [0.15, 0.2) is 11.5 Å². The minimum Gasteiger partial charge on any atom is -0.493 e. The van der Waals surface area contributed by atoms with Crippen LogP contribution in [0.1, 0.15) is 11.3 Å². The number of amides is 1. The molecule has 0 aliphatic carbocycles. The van der Waals surface area contributed by atoms with Crippen LogP contribution in [0.25, 0.3) is 10.6 Å². The van der Waals surface area contributed by atoms with E-state index in [0.717, 1.165) is 49.1 Å². The van der Waals surface area contributed by atoms with Gasteiger partial charge in [-0.1, -0.05) is 18.2 Å². The second kappa shape index (κ2) is 10.6. The highest BCUT2D eigenvalue weighted by Crippen LogP contribution is 2.30. The van der Waals surface area contributed by atoms with Crippen molar-refractivity contribution in [1.82, 2.24) is 9.88 Å². The average molecular weight is 454 g/mol. The zero-order valence-corrected chi connectivity index (χ0v) is 19.1. The van der Waals surface area contributed by atoms with Crippen molar-refractivity contribution >= 4 is 22.9 Å². The van der Waals surface area contributed by atoms with E-state index in [9.17, 15) is 4.79 Å². The number of morpholine rings is 1. The Morgan fingerprint density at radius 2 is 1.94 bits per heavy atom. The first-order valence-corrected chi connectivity index (χ1v) is 11.4. The quantitative estimate of drug-likeness (QED) is 0.559. The van der Waals surface area contributed by atoms with E-state index in [1.165, 1.54) is 5.56 Å². The van der Waals surface area contributed by atoms with Crippen LogP contribution >= 0.6 is 11.3 Å². The molecule has 0 radical (unpaired) electrons. The molecule has 2 aromatic carbocycles. The highest BCUT2D eigenvalue weighted by molar-refractivity contribution is 7.13.